The number of carboxylic acids is 1. The number of amides is 1. The van der Waals surface area contributed by atoms with Crippen LogP contribution < -0.4 is 5.32 Å². The second-order valence-corrected chi connectivity index (χ2v) is 5.26. The predicted molar refractivity (Wildman–Crippen MR) is 83.5 cm³/mol. The van der Waals surface area contributed by atoms with Gasteiger partial charge in [-0.3, -0.25) is 9.59 Å². The van der Waals surface area contributed by atoms with E-state index in [1.165, 1.54) is 5.56 Å². The number of benzene rings is 1. The molecule has 4 heteroatoms. The Labute approximate surface area is 126 Å². The molecule has 0 atom stereocenters. The molecule has 0 radical (unpaired) electrons. The number of hydrogen-bond acceptors (Lipinski definition) is 2. The van der Waals surface area contributed by atoms with Crippen LogP contribution in [0.3, 0.4) is 0 Å². The quantitative estimate of drug-likeness (QED) is 0.649. The van der Waals surface area contributed by atoms with Gasteiger partial charge >= 0.3 is 5.97 Å². The van der Waals surface area contributed by atoms with Crippen molar-refractivity contribution in [3.05, 3.63) is 35.4 Å². The van der Waals surface area contributed by atoms with E-state index in [1.807, 2.05) is 24.3 Å². The number of nitrogens with one attached hydrogen (secondary N) is 1. The highest BCUT2D eigenvalue weighted by Gasteiger charge is 2.04. The maximum atomic E-state index is 11.9. The minimum absolute atomic E-state index is 0.0383. The molecule has 0 heterocycles. The summed E-state index contributed by atoms with van der Waals surface area (Å²) >= 11 is 0. The van der Waals surface area contributed by atoms with Crippen LogP contribution in [0.1, 0.15) is 61.4 Å². The first kappa shape index (κ1) is 17.2. The van der Waals surface area contributed by atoms with Crippen LogP contribution >= 0.6 is 0 Å². The highest BCUT2D eigenvalue weighted by molar-refractivity contribution is 5.94. The maximum Gasteiger partial charge on any atom is 0.303 e. The molecule has 1 amide bonds. The lowest BCUT2D eigenvalue weighted by molar-refractivity contribution is -0.137. The Morgan fingerprint density at radius 1 is 1.05 bits per heavy atom. The van der Waals surface area contributed by atoms with E-state index in [0.29, 0.717) is 18.5 Å². The van der Waals surface area contributed by atoms with Gasteiger partial charge in [0, 0.05) is 18.5 Å². The number of carboxylic acid groups (broad SMARTS) is 1. The van der Waals surface area contributed by atoms with Crippen molar-refractivity contribution < 1.29 is 14.7 Å². The van der Waals surface area contributed by atoms with Gasteiger partial charge in [0.05, 0.1) is 0 Å². The number of aryl methyl sites for hydroxylation is 1. The average molecular weight is 291 g/mol. The van der Waals surface area contributed by atoms with E-state index in [4.69, 9.17) is 5.11 Å². The van der Waals surface area contributed by atoms with Crippen LogP contribution in [-0.4, -0.2) is 23.5 Å². The van der Waals surface area contributed by atoms with Gasteiger partial charge in [-0.05, 0) is 37.0 Å². The fourth-order valence-electron chi connectivity index (χ4n) is 2.17. The maximum absolute atomic E-state index is 11.9. The van der Waals surface area contributed by atoms with Gasteiger partial charge in [-0.1, -0.05) is 38.3 Å². The molecular weight excluding hydrogens is 266 g/mol. The normalized spacial score (nSPS) is 10.3. The standard InChI is InChI=1S/C17H25NO3/c1-2-7-14-9-11-15(12-10-14)17(21)18-13-6-4-3-5-8-16(19)20/h9-12H,2-8,13H2,1H3,(H,18,21)(H,19,20). The van der Waals surface area contributed by atoms with Gasteiger partial charge in [0.1, 0.15) is 0 Å². The summed E-state index contributed by atoms with van der Waals surface area (Å²) in [6, 6.07) is 7.75. The van der Waals surface area contributed by atoms with E-state index in [9.17, 15) is 9.59 Å². The molecule has 0 spiro atoms. The Kier molecular flexibility index (Phi) is 8.17. The number of hydrogen-bond donors (Lipinski definition) is 2. The summed E-state index contributed by atoms with van der Waals surface area (Å²) in [6.07, 6.45) is 5.82. The van der Waals surface area contributed by atoms with Crippen LogP contribution in [0, 0.1) is 0 Å². The Morgan fingerprint density at radius 3 is 2.33 bits per heavy atom. The molecule has 0 fully saturated rings. The Balaban J connectivity index is 2.17. The van der Waals surface area contributed by atoms with Crippen molar-refractivity contribution in [3.63, 3.8) is 0 Å². The number of carbonyl (C=O) groups is 2. The molecule has 0 aliphatic rings. The first-order valence-corrected chi connectivity index (χ1v) is 7.72. The summed E-state index contributed by atoms with van der Waals surface area (Å²) in [6.45, 7) is 2.78. The lowest BCUT2D eigenvalue weighted by Crippen LogP contribution is -2.24. The van der Waals surface area contributed by atoms with E-state index in [2.05, 4.69) is 12.2 Å². The van der Waals surface area contributed by atoms with Gasteiger partial charge in [0.15, 0.2) is 0 Å². The molecule has 0 aliphatic carbocycles. The molecule has 0 bridgehead atoms. The smallest absolute Gasteiger partial charge is 0.303 e. The van der Waals surface area contributed by atoms with Crippen LogP contribution in [0.2, 0.25) is 0 Å². The summed E-state index contributed by atoms with van der Waals surface area (Å²) < 4.78 is 0. The monoisotopic (exact) mass is 291 g/mol. The van der Waals surface area contributed by atoms with Crippen LogP contribution in [0.5, 0.6) is 0 Å². The van der Waals surface area contributed by atoms with Gasteiger partial charge in [0.25, 0.3) is 5.91 Å². The minimum Gasteiger partial charge on any atom is -0.481 e. The third-order valence-corrected chi connectivity index (χ3v) is 3.36. The molecule has 1 rings (SSSR count). The largest absolute Gasteiger partial charge is 0.481 e. The van der Waals surface area contributed by atoms with Crippen LogP contribution in [-0.2, 0) is 11.2 Å². The molecular formula is C17H25NO3. The zero-order chi connectivity index (χ0) is 15.5. The Hall–Kier alpha value is -1.84. The first-order valence-electron chi connectivity index (χ1n) is 7.72. The summed E-state index contributed by atoms with van der Waals surface area (Å²) in [4.78, 5) is 22.2. The Bertz CT molecular complexity index is 440. The molecule has 21 heavy (non-hydrogen) atoms. The lowest BCUT2D eigenvalue weighted by Gasteiger charge is -2.06. The second-order valence-electron chi connectivity index (χ2n) is 5.26. The molecule has 0 unspecified atom stereocenters. The van der Waals surface area contributed by atoms with Crippen LogP contribution in [0.4, 0.5) is 0 Å². The van der Waals surface area contributed by atoms with Crippen molar-refractivity contribution in [1.29, 1.82) is 0 Å². The summed E-state index contributed by atoms with van der Waals surface area (Å²) in [5.41, 5.74) is 1.95. The minimum atomic E-state index is -0.741. The summed E-state index contributed by atoms with van der Waals surface area (Å²) in [5, 5.41) is 11.4. The van der Waals surface area contributed by atoms with E-state index in [-0.39, 0.29) is 12.3 Å². The van der Waals surface area contributed by atoms with E-state index in [1.54, 1.807) is 0 Å². The third-order valence-electron chi connectivity index (χ3n) is 3.36. The van der Waals surface area contributed by atoms with Crippen molar-refractivity contribution in [2.24, 2.45) is 0 Å². The van der Waals surface area contributed by atoms with Crippen LogP contribution in [0.15, 0.2) is 24.3 Å². The van der Waals surface area contributed by atoms with Crippen molar-refractivity contribution >= 4 is 11.9 Å². The second kappa shape index (κ2) is 9.97. The zero-order valence-electron chi connectivity index (χ0n) is 12.7. The first-order chi connectivity index (χ1) is 10.1. The molecule has 2 N–H and O–H groups in total. The van der Waals surface area contributed by atoms with Crippen molar-refractivity contribution in [2.45, 2.75) is 51.9 Å². The number of carbonyl (C=O) groups excluding carboxylic acids is 1. The SMILES string of the molecule is CCCc1ccc(C(=O)NCCCCCCC(=O)O)cc1. The van der Waals surface area contributed by atoms with Gasteiger partial charge in [0.2, 0.25) is 0 Å². The molecule has 1 aromatic rings. The molecule has 4 nitrogen and oxygen atoms in total. The molecule has 1 aromatic carbocycles. The fraction of sp³-hybridized carbons (Fsp3) is 0.529. The third kappa shape index (κ3) is 7.49. The topological polar surface area (TPSA) is 66.4 Å². The summed E-state index contributed by atoms with van der Waals surface area (Å²) in [5.74, 6) is -0.779. The fourth-order valence-corrected chi connectivity index (χ4v) is 2.17. The Morgan fingerprint density at radius 2 is 1.71 bits per heavy atom. The number of aliphatic carboxylic acids is 1. The molecule has 0 aliphatic heterocycles. The average Bonchev–Trinajstić information content (AvgIpc) is 2.47. The van der Waals surface area contributed by atoms with Crippen LogP contribution in [0.25, 0.3) is 0 Å². The highest BCUT2D eigenvalue weighted by Crippen LogP contribution is 2.07. The highest BCUT2D eigenvalue weighted by atomic mass is 16.4. The van der Waals surface area contributed by atoms with Gasteiger partial charge in [-0.25, -0.2) is 0 Å². The zero-order valence-corrected chi connectivity index (χ0v) is 12.7. The summed E-state index contributed by atoms with van der Waals surface area (Å²) in [7, 11) is 0. The van der Waals surface area contributed by atoms with Gasteiger partial charge in [-0.15, -0.1) is 0 Å². The molecule has 0 saturated heterocycles. The van der Waals surface area contributed by atoms with Gasteiger partial charge < -0.3 is 10.4 Å². The molecule has 116 valence electrons. The number of unbranched alkanes of at least 4 members (excludes halogenated alkanes) is 3. The van der Waals surface area contributed by atoms with Crippen molar-refractivity contribution in [2.75, 3.05) is 6.54 Å². The van der Waals surface area contributed by atoms with Gasteiger partial charge in [-0.2, -0.15) is 0 Å². The molecule has 0 saturated carbocycles. The predicted octanol–water partition coefficient (Wildman–Crippen LogP) is 3.40. The van der Waals surface area contributed by atoms with E-state index in [0.717, 1.165) is 32.1 Å². The lowest BCUT2D eigenvalue weighted by atomic mass is 10.1. The molecule has 0 aromatic heterocycles. The van der Waals surface area contributed by atoms with E-state index < -0.39 is 5.97 Å². The number of rotatable bonds is 10. The van der Waals surface area contributed by atoms with Crippen molar-refractivity contribution in [1.82, 2.24) is 5.32 Å². The van der Waals surface area contributed by atoms with Crippen molar-refractivity contribution in [3.8, 4) is 0 Å². The van der Waals surface area contributed by atoms with E-state index >= 15 is 0 Å².